The molecule has 0 aliphatic heterocycles. The van der Waals surface area contributed by atoms with Crippen LogP contribution in [-0.2, 0) is 9.53 Å². The SMILES string of the molecule is Cc1occc1C(=O)OCC(=O)Nc1ccc([N+](=O)[O-])cc1Cl. The Morgan fingerprint density at radius 3 is 2.70 bits per heavy atom. The van der Waals surface area contributed by atoms with Crippen molar-refractivity contribution in [3.05, 3.63) is 57.0 Å². The fraction of sp³-hybridized carbons (Fsp3) is 0.143. The lowest BCUT2D eigenvalue weighted by Crippen LogP contribution is -2.21. The number of furan rings is 1. The Morgan fingerprint density at radius 1 is 1.39 bits per heavy atom. The number of halogens is 1. The summed E-state index contributed by atoms with van der Waals surface area (Å²) in [5.74, 6) is -0.940. The van der Waals surface area contributed by atoms with Gasteiger partial charge in [0.15, 0.2) is 6.61 Å². The number of nitrogens with one attached hydrogen (secondary N) is 1. The lowest BCUT2D eigenvalue weighted by atomic mass is 10.2. The number of ether oxygens (including phenoxy) is 1. The lowest BCUT2D eigenvalue weighted by Gasteiger charge is -2.07. The Morgan fingerprint density at radius 2 is 2.13 bits per heavy atom. The number of rotatable bonds is 5. The van der Waals surface area contributed by atoms with E-state index in [1.807, 2.05) is 0 Å². The van der Waals surface area contributed by atoms with Crippen LogP contribution in [0.1, 0.15) is 16.1 Å². The van der Waals surface area contributed by atoms with Crippen LogP contribution < -0.4 is 5.32 Å². The molecule has 1 heterocycles. The highest BCUT2D eigenvalue weighted by Crippen LogP contribution is 2.26. The molecule has 120 valence electrons. The van der Waals surface area contributed by atoms with Gasteiger partial charge in [0, 0.05) is 12.1 Å². The van der Waals surface area contributed by atoms with E-state index in [2.05, 4.69) is 5.32 Å². The smallest absolute Gasteiger partial charge is 0.342 e. The first-order valence-electron chi connectivity index (χ1n) is 6.33. The third-order valence-corrected chi connectivity index (χ3v) is 3.16. The summed E-state index contributed by atoms with van der Waals surface area (Å²) in [7, 11) is 0. The maximum atomic E-state index is 11.7. The minimum absolute atomic E-state index is 0.00422. The Labute approximate surface area is 135 Å². The number of hydrogen-bond donors (Lipinski definition) is 1. The summed E-state index contributed by atoms with van der Waals surface area (Å²) in [5.41, 5.74) is 0.207. The molecule has 0 saturated carbocycles. The van der Waals surface area contributed by atoms with Crippen LogP contribution >= 0.6 is 11.6 Å². The van der Waals surface area contributed by atoms with Crippen molar-refractivity contribution in [1.29, 1.82) is 0 Å². The van der Waals surface area contributed by atoms with Crippen LogP contribution in [0.4, 0.5) is 11.4 Å². The summed E-state index contributed by atoms with van der Waals surface area (Å²) in [6, 6.07) is 5.03. The number of carbonyl (C=O) groups excluding carboxylic acids is 2. The van der Waals surface area contributed by atoms with Crippen LogP contribution in [0.2, 0.25) is 5.02 Å². The van der Waals surface area contributed by atoms with Crippen molar-refractivity contribution in [2.45, 2.75) is 6.92 Å². The molecule has 1 amide bonds. The number of aryl methyl sites for hydroxylation is 1. The van der Waals surface area contributed by atoms with E-state index in [0.717, 1.165) is 6.07 Å². The third-order valence-electron chi connectivity index (χ3n) is 2.85. The molecular weight excluding hydrogens is 328 g/mol. The van der Waals surface area contributed by atoms with E-state index in [1.165, 1.54) is 24.5 Å². The van der Waals surface area contributed by atoms with Crippen LogP contribution in [0, 0.1) is 17.0 Å². The number of nitrogens with zero attached hydrogens (tertiary/aromatic N) is 1. The fourth-order valence-corrected chi connectivity index (χ4v) is 1.93. The van der Waals surface area contributed by atoms with Crippen molar-refractivity contribution in [3.63, 3.8) is 0 Å². The number of esters is 1. The molecule has 0 aliphatic rings. The van der Waals surface area contributed by atoms with Gasteiger partial charge in [0.05, 0.1) is 21.9 Å². The van der Waals surface area contributed by atoms with Crippen LogP contribution in [0.5, 0.6) is 0 Å². The molecule has 0 fully saturated rings. The van der Waals surface area contributed by atoms with Crippen molar-refractivity contribution in [3.8, 4) is 0 Å². The molecule has 0 unspecified atom stereocenters. The van der Waals surface area contributed by atoms with Crippen molar-refractivity contribution >= 4 is 34.9 Å². The Bertz CT molecular complexity index is 770. The van der Waals surface area contributed by atoms with Gasteiger partial charge in [0.2, 0.25) is 0 Å². The summed E-state index contributed by atoms with van der Waals surface area (Å²) in [5, 5.41) is 13.0. The zero-order valence-electron chi connectivity index (χ0n) is 11.9. The first-order valence-corrected chi connectivity index (χ1v) is 6.71. The minimum Gasteiger partial charge on any atom is -0.469 e. The van der Waals surface area contributed by atoms with Gasteiger partial charge in [-0.2, -0.15) is 0 Å². The molecule has 1 N–H and O–H groups in total. The highest BCUT2D eigenvalue weighted by molar-refractivity contribution is 6.34. The number of anilines is 1. The quantitative estimate of drug-likeness (QED) is 0.509. The average molecular weight is 339 g/mol. The van der Waals surface area contributed by atoms with E-state index < -0.39 is 23.4 Å². The third kappa shape index (κ3) is 4.07. The Balaban J connectivity index is 1.94. The number of nitro benzene ring substituents is 1. The summed E-state index contributed by atoms with van der Waals surface area (Å²) >= 11 is 5.84. The second-order valence-corrected chi connectivity index (χ2v) is 4.84. The molecule has 0 atom stereocenters. The summed E-state index contributed by atoms with van der Waals surface area (Å²) < 4.78 is 9.80. The van der Waals surface area contributed by atoms with Gasteiger partial charge in [0.25, 0.3) is 11.6 Å². The fourth-order valence-electron chi connectivity index (χ4n) is 1.71. The predicted octanol–water partition coefficient (Wildman–Crippen LogP) is 2.95. The number of benzene rings is 1. The van der Waals surface area contributed by atoms with E-state index in [0.29, 0.717) is 5.76 Å². The Hall–Kier alpha value is -2.87. The van der Waals surface area contributed by atoms with Crippen LogP contribution in [0.3, 0.4) is 0 Å². The van der Waals surface area contributed by atoms with Crippen LogP contribution in [0.25, 0.3) is 0 Å². The molecule has 23 heavy (non-hydrogen) atoms. The molecule has 0 aliphatic carbocycles. The second-order valence-electron chi connectivity index (χ2n) is 4.44. The van der Waals surface area contributed by atoms with Crippen molar-refractivity contribution in [2.75, 3.05) is 11.9 Å². The predicted molar refractivity (Wildman–Crippen MR) is 80.5 cm³/mol. The van der Waals surface area contributed by atoms with Crippen molar-refractivity contribution in [2.24, 2.45) is 0 Å². The van der Waals surface area contributed by atoms with Gasteiger partial charge < -0.3 is 14.5 Å². The minimum atomic E-state index is -0.693. The second kappa shape index (κ2) is 6.93. The monoisotopic (exact) mass is 338 g/mol. The van der Waals surface area contributed by atoms with Gasteiger partial charge in [-0.25, -0.2) is 4.79 Å². The van der Waals surface area contributed by atoms with Gasteiger partial charge in [-0.05, 0) is 19.1 Å². The number of non-ortho nitro benzene ring substituents is 1. The maximum absolute atomic E-state index is 11.7. The molecule has 0 saturated heterocycles. The summed E-state index contributed by atoms with van der Waals surface area (Å²) in [6.07, 6.45) is 1.34. The maximum Gasteiger partial charge on any atom is 0.342 e. The topological polar surface area (TPSA) is 112 Å². The largest absolute Gasteiger partial charge is 0.469 e. The first-order chi connectivity index (χ1) is 10.9. The molecule has 0 bridgehead atoms. The van der Waals surface area contributed by atoms with Gasteiger partial charge in [-0.15, -0.1) is 0 Å². The number of hydrogen-bond acceptors (Lipinski definition) is 6. The van der Waals surface area contributed by atoms with E-state index in [9.17, 15) is 19.7 Å². The summed E-state index contributed by atoms with van der Waals surface area (Å²) in [4.78, 5) is 33.4. The van der Waals surface area contributed by atoms with Gasteiger partial charge in [-0.1, -0.05) is 11.6 Å². The van der Waals surface area contributed by atoms with Crippen molar-refractivity contribution in [1.82, 2.24) is 0 Å². The number of amides is 1. The van der Waals surface area contributed by atoms with Gasteiger partial charge in [0.1, 0.15) is 11.3 Å². The zero-order chi connectivity index (χ0) is 17.0. The molecule has 0 radical (unpaired) electrons. The van der Waals surface area contributed by atoms with Crippen LogP contribution in [-0.4, -0.2) is 23.4 Å². The highest BCUT2D eigenvalue weighted by Gasteiger charge is 2.16. The van der Waals surface area contributed by atoms with E-state index in [-0.39, 0.29) is 22.0 Å². The lowest BCUT2D eigenvalue weighted by molar-refractivity contribution is -0.384. The first kappa shape index (κ1) is 16.5. The molecule has 1 aromatic carbocycles. The van der Waals surface area contributed by atoms with E-state index in [4.69, 9.17) is 20.8 Å². The molecular formula is C14H11ClN2O6. The Kier molecular flexibility index (Phi) is 4.97. The molecule has 2 rings (SSSR count). The average Bonchev–Trinajstić information content (AvgIpc) is 2.93. The van der Waals surface area contributed by atoms with Crippen LogP contribution in [0.15, 0.2) is 34.9 Å². The summed E-state index contributed by atoms with van der Waals surface area (Å²) in [6.45, 7) is 1.06. The van der Waals surface area contributed by atoms with Gasteiger partial charge in [-0.3, -0.25) is 14.9 Å². The normalized spacial score (nSPS) is 10.2. The standard InChI is InChI=1S/C14H11ClN2O6/c1-8-10(4-5-22-8)14(19)23-7-13(18)16-12-3-2-9(17(20)21)6-11(12)15/h2-6H,7H2,1H3,(H,16,18). The number of carbonyl (C=O) groups is 2. The number of nitro groups is 1. The van der Waals surface area contributed by atoms with E-state index in [1.54, 1.807) is 6.92 Å². The molecule has 8 nitrogen and oxygen atoms in total. The van der Waals surface area contributed by atoms with Crippen molar-refractivity contribution < 1.29 is 23.7 Å². The molecule has 2 aromatic rings. The van der Waals surface area contributed by atoms with E-state index >= 15 is 0 Å². The zero-order valence-corrected chi connectivity index (χ0v) is 12.6. The van der Waals surface area contributed by atoms with Gasteiger partial charge >= 0.3 is 5.97 Å². The molecule has 9 heteroatoms. The molecule has 0 spiro atoms. The molecule has 1 aromatic heterocycles. The highest BCUT2D eigenvalue weighted by atomic mass is 35.5.